The van der Waals surface area contributed by atoms with Gasteiger partial charge in [0.25, 0.3) is 5.91 Å². The Balaban J connectivity index is 1.79. The number of aromatic nitrogens is 2. The van der Waals surface area contributed by atoms with Gasteiger partial charge in [0, 0.05) is 56.5 Å². The molecule has 1 amide bonds. The Morgan fingerprint density at radius 1 is 1.25 bits per heavy atom. The van der Waals surface area contributed by atoms with E-state index in [1.807, 2.05) is 0 Å². The molecular weight excluding hydrogens is 352 g/mol. The molecule has 0 spiro atoms. The summed E-state index contributed by atoms with van der Waals surface area (Å²) in [5.74, 6) is 0.705. The number of nitrogens with one attached hydrogen (secondary N) is 1. The van der Waals surface area contributed by atoms with Crippen LogP contribution in [0.5, 0.6) is 0 Å². The van der Waals surface area contributed by atoms with Crippen LogP contribution in [0.4, 0.5) is 0 Å². The van der Waals surface area contributed by atoms with Gasteiger partial charge in [-0.2, -0.15) is 5.10 Å². The third kappa shape index (κ3) is 4.95. The van der Waals surface area contributed by atoms with Gasteiger partial charge < -0.3 is 15.3 Å². The number of carbonyl (C=O) groups is 1. The van der Waals surface area contributed by atoms with Crippen molar-refractivity contribution in [3.63, 3.8) is 0 Å². The lowest BCUT2D eigenvalue weighted by atomic mass is 9.88. The van der Waals surface area contributed by atoms with Crippen LogP contribution in [0.15, 0.2) is 0 Å². The van der Waals surface area contributed by atoms with Crippen molar-refractivity contribution in [2.45, 2.75) is 77.8 Å². The summed E-state index contributed by atoms with van der Waals surface area (Å²) in [7, 11) is 3.61. The van der Waals surface area contributed by atoms with E-state index in [0.29, 0.717) is 17.7 Å². The molecule has 0 radical (unpaired) electrons. The summed E-state index contributed by atoms with van der Waals surface area (Å²) in [6.07, 6.45) is 9.44. The summed E-state index contributed by atoms with van der Waals surface area (Å²) in [5, 5.41) is 18.0. The van der Waals surface area contributed by atoms with Crippen molar-refractivity contribution < 1.29 is 9.90 Å². The molecule has 6 nitrogen and oxygen atoms in total. The van der Waals surface area contributed by atoms with Crippen LogP contribution >= 0.6 is 0 Å². The number of aliphatic hydroxyl groups excluding tert-OH is 1. The lowest BCUT2D eigenvalue weighted by Gasteiger charge is -2.30. The zero-order valence-corrected chi connectivity index (χ0v) is 18.1. The molecule has 2 aliphatic rings. The van der Waals surface area contributed by atoms with Gasteiger partial charge in [-0.15, -0.1) is 0 Å². The molecule has 1 saturated carbocycles. The quantitative estimate of drug-likeness (QED) is 0.751. The van der Waals surface area contributed by atoms with E-state index in [-0.39, 0.29) is 17.9 Å². The minimum absolute atomic E-state index is 0.00924. The van der Waals surface area contributed by atoms with Crippen LogP contribution in [-0.4, -0.2) is 59.0 Å². The maximum atomic E-state index is 12.8. The minimum Gasteiger partial charge on any atom is -0.396 e. The Morgan fingerprint density at radius 2 is 1.96 bits per heavy atom. The fourth-order valence-corrected chi connectivity index (χ4v) is 4.49. The van der Waals surface area contributed by atoms with Crippen molar-refractivity contribution in [2.24, 2.45) is 11.3 Å². The van der Waals surface area contributed by atoms with E-state index < -0.39 is 0 Å². The van der Waals surface area contributed by atoms with Gasteiger partial charge in [-0.3, -0.25) is 9.48 Å². The predicted molar refractivity (Wildman–Crippen MR) is 112 cm³/mol. The smallest absolute Gasteiger partial charge is 0.274 e. The first kappa shape index (κ1) is 21.3. The molecule has 1 aromatic heterocycles. The predicted octanol–water partition coefficient (Wildman–Crippen LogP) is 2.63. The molecule has 1 heterocycles. The SMILES string of the molecule is CN(C)C(=O)c1nn(CC2CCCCC2)c2c1C[C@H](NCC(C)(C)CO)CC2. The van der Waals surface area contributed by atoms with Crippen molar-refractivity contribution in [3.05, 3.63) is 17.0 Å². The van der Waals surface area contributed by atoms with E-state index >= 15 is 0 Å². The van der Waals surface area contributed by atoms with Gasteiger partial charge in [0.15, 0.2) is 5.69 Å². The summed E-state index contributed by atoms with van der Waals surface area (Å²) in [6, 6.07) is 0.333. The molecule has 3 rings (SSSR count). The number of carbonyl (C=O) groups excluding carboxylic acids is 1. The van der Waals surface area contributed by atoms with Crippen LogP contribution in [0.3, 0.4) is 0 Å². The van der Waals surface area contributed by atoms with Crippen molar-refractivity contribution in [1.82, 2.24) is 20.0 Å². The highest BCUT2D eigenvalue weighted by molar-refractivity contribution is 5.93. The molecule has 158 valence electrons. The number of rotatable bonds is 7. The van der Waals surface area contributed by atoms with Crippen molar-refractivity contribution in [1.29, 1.82) is 0 Å². The maximum Gasteiger partial charge on any atom is 0.274 e. The van der Waals surface area contributed by atoms with E-state index in [4.69, 9.17) is 5.10 Å². The molecule has 2 aliphatic carbocycles. The Hall–Kier alpha value is -1.40. The Bertz CT molecular complexity index is 674. The summed E-state index contributed by atoms with van der Waals surface area (Å²) < 4.78 is 2.16. The molecule has 28 heavy (non-hydrogen) atoms. The second-order valence-electron chi connectivity index (χ2n) is 9.80. The number of fused-ring (bicyclic) bond motifs is 1. The molecule has 0 saturated heterocycles. The summed E-state index contributed by atoms with van der Waals surface area (Å²) in [6.45, 7) is 6.03. The molecule has 2 N–H and O–H groups in total. The lowest BCUT2D eigenvalue weighted by Crippen LogP contribution is -2.42. The first-order valence-corrected chi connectivity index (χ1v) is 10.9. The second kappa shape index (κ2) is 8.95. The number of hydrogen-bond acceptors (Lipinski definition) is 4. The van der Waals surface area contributed by atoms with Crippen LogP contribution in [0.25, 0.3) is 0 Å². The number of nitrogens with zero attached hydrogens (tertiary/aromatic N) is 3. The second-order valence-corrected chi connectivity index (χ2v) is 9.80. The van der Waals surface area contributed by atoms with Crippen LogP contribution in [-0.2, 0) is 19.4 Å². The van der Waals surface area contributed by atoms with Gasteiger partial charge in [0.1, 0.15) is 0 Å². The van der Waals surface area contributed by atoms with Crippen LogP contribution in [0.2, 0.25) is 0 Å². The number of aliphatic hydroxyl groups is 1. The Labute approximate surface area is 169 Å². The van der Waals surface area contributed by atoms with Crippen LogP contribution in [0, 0.1) is 11.3 Å². The van der Waals surface area contributed by atoms with E-state index in [1.54, 1.807) is 19.0 Å². The van der Waals surface area contributed by atoms with E-state index in [9.17, 15) is 9.90 Å². The molecule has 1 aromatic rings. The molecule has 0 unspecified atom stereocenters. The number of hydrogen-bond donors (Lipinski definition) is 2. The number of amides is 1. The standard InChI is InChI=1S/C22H38N4O2/c1-22(2,15-27)14-23-17-10-11-19-18(12-17)20(21(28)25(3)4)24-26(19)13-16-8-6-5-7-9-16/h16-17,23,27H,5-15H2,1-4H3/t17-/m1/s1. The molecule has 1 atom stereocenters. The lowest BCUT2D eigenvalue weighted by molar-refractivity contribution is 0.0819. The molecular formula is C22H38N4O2. The molecule has 0 aliphatic heterocycles. The van der Waals surface area contributed by atoms with Gasteiger partial charge in [-0.05, 0) is 38.0 Å². The zero-order chi connectivity index (χ0) is 20.3. The third-order valence-corrected chi connectivity index (χ3v) is 6.41. The van der Waals surface area contributed by atoms with Gasteiger partial charge in [0.2, 0.25) is 0 Å². The molecule has 1 fully saturated rings. The fourth-order valence-electron chi connectivity index (χ4n) is 4.49. The summed E-state index contributed by atoms with van der Waals surface area (Å²) in [5.41, 5.74) is 2.92. The highest BCUT2D eigenvalue weighted by atomic mass is 16.3. The molecule has 0 aromatic carbocycles. The van der Waals surface area contributed by atoms with Gasteiger partial charge in [0.05, 0.1) is 0 Å². The van der Waals surface area contributed by atoms with Crippen LogP contribution in [0.1, 0.15) is 74.1 Å². The topological polar surface area (TPSA) is 70.4 Å². The largest absolute Gasteiger partial charge is 0.396 e. The average molecular weight is 391 g/mol. The van der Waals surface area contributed by atoms with E-state index in [0.717, 1.165) is 37.9 Å². The van der Waals surface area contributed by atoms with Crippen molar-refractivity contribution in [2.75, 3.05) is 27.2 Å². The Kier molecular flexibility index (Phi) is 6.81. The van der Waals surface area contributed by atoms with Gasteiger partial charge in [-0.25, -0.2) is 0 Å². The van der Waals surface area contributed by atoms with Gasteiger partial charge in [-0.1, -0.05) is 33.1 Å². The van der Waals surface area contributed by atoms with E-state index in [2.05, 4.69) is 23.8 Å². The van der Waals surface area contributed by atoms with Crippen molar-refractivity contribution in [3.8, 4) is 0 Å². The zero-order valence-electron chi connectivity index (χ0n) is 18.1. The summed E-state index contributed by atoms with van der Waals surface area (Å²) >= 11 is 0. The third-order valence-electron chi connectivity index (χ3n) is 6.41. The Morgan fingerprint density at radius 3 is 2.61 bits per heavy atom. The highest BCUT2D eigenvalue weighted by Crippen LogP contribution is 2.30. The minimum atomic E-state index is -0.131. The fraction of sp³-hybridized carbons (Fsp3) is 0.818. The van der Waals surface area contributed by atoms with Crippen molar-refractivity contribution >= 4 is 5.91 Å². The average Bonchev–Trinajstić information content (AvgIpc) is 3.04. The maximum absolute atomic E-state index is 12.8. The van der Waals surface area contributed by atoms with Gasteiger partial charge >= 0.3 is 0 Å². The highest BCUT2D eigenvalue weighted by Gasteiger charge is 2.31. The summed E-state index contributed by atoms with van der Waals surface area (Å²) in [4.78, 5) is 14.4. The first-order chi connectivity index (χ1) is 13.3. The first-order valence-electron chi connectivity index (χ1n) is 10.9. The van der Waals surface area contributed by atoms with E-state index in [1.165, 1.54) is 37.8 Å². The monoisotopic (exact) mass is 390 g/mol. The molecule has 0 bridgehead atoms. The molecule has 6 heteroatoms. The normalized spacial score (nSPS) is 20.8. The van der Waals surface area contributed by atoms with Crippen LogP contribution < -0.4 is 5.32 Å².